The van der Waals surface area contributed by atoms with E-state index in [9.17, 15) is 4.79 Å². The third-order valence-electron chi connectivity index (χ3n) is 2.90. The second kappa shape index (κ2) is 6.87. The molecule has 0 spiro atoms. The van der Waals surface area contributed by atoms with Crippen LogP contribution in [0.1, 0.15) is 11.1 Å². The maximum absolute atomic E-state index is 11.9. The van der Waals surface area contributed by atoms with Crippen LogP contribution < -0.4 is 10.1 Å². The Morgan fingerprint density at radius 2 is 2.00 bits per heavy atom. The Labute approximate surface area is 134 Å². The number of amides is 1. The third-order valence-corrected chi connectivity index (χ3v) is 3.57. The predicted molar refractivity (Wildman–Crippen MR) is 88.7 cm³/mol. The maximum atomic E-state index is 11.9. The highest BCUT2D eigenvalue weighted by Crippen LogP contribution is 2.29. The van der Waals surface area contributed by atoms with E-state index < -0.39 is 0 Å². The van der Waals surface area contributed by atoms with Crippen LogP contribution in [-0.2, 0) is 4.79 Å². The van der Waals surface area contributed by atoms with Crippen molar-refractivity contribution in [1.29, 1.82) is 0 Å². The second-order valence-corrected chi connectivity index (χ2v) is 5.64. The lowest BCUT2D eigenvalue weighted by molar-refractivity contribution is -0.118. The Morgan fingerprint density at radius 3 is 2.67 bits per heavy atom. The second-order valence-electron chi connectivity index (χ2n) is 4.75. The molecule has 0 aliphatic heterocycles. The number of hydrogen-bond donors (Lipinski definition) is 2. The van der Waals surface area contributed by atoms with E-state index in [1.807, 2.05) is 38.1 Å². The summed E-state index contributed by atoms with van der Waals surface area (Å²) in [4.78, 5) is 12.6. The molecule has 0 saturated carbocycles. The van der Waals surface area contributed by atoms with Crippen LogP contribution in [0.2, 0.25) is 5.02 Å². The summed E-state index contributed by atoms with van der Waals surface area (Å²) in [6.07, 6.45) is 0. The molecule has 0 aliphatic rings. The van der Waals surface area contributed by atoms with Crippen LogP contribution >= 0.6 is 24.2 Å². The molecule has 21 heavy (non-hydrogen) atoms. The van der Waals surface area contributed by atoms with Crippen molar-refractivity contribution in [2.24, 2.45) is 0 Å². The Hall–Kier alpha value is -1.65. The number of nitrogens with one attached hydrogen (secondary N) is 1. The van der Waals surface area contributed by atoms with Crippen LogP contribution in [0.15, 0.2) is 41.3 Å². The molecular weight excluding hydrogens is 306 g/mol. The van der Waals surface area contributed by atoms with Gasteiger partial charge < -0.3 is 10.1 Å². The molecule has 0 saturated heterocycles. The molecule has 0 aliphatic carbocycles. The van der Waals surface area contributed by atoms with Crippen LogP contribution in [0.25, 0.3) is 0 Å². The molecule has 2 rings (SSSR count). The maximum Gasteiger partial charge on any atom is 0.262 e. The van der Waals surface area contributed by atoms with E-state index in [1.165, 1.54) is 0 Å². The van der Waals surface area contributed by atoms with E-state index in [0.717, 1.165) is 11.1 Å². The molecule has 0 bridgehead atoms. The third kappa shape index (κ3) is 4.16. The molecule has 0 fully saturated rings. The zero-order valence-electron chi connectivity index (χ0n) is 11.8. The summed E-state index contributed by atoms with van der Waals surface area (Å²) in [6.45, 7) is 3.75. The van der Waals surface area contributed by atoms with Gasteiger partial charge in [0.2, 0.25) is 0 Å². The monoisotopic (exact) mass is 321 g/mol. The molecule has 2 aromatic rings. The van der Waals surface area contributed by atoms with Crippen molar-refractivity contribution in [3.05, 3.63) is 52.5 Å². The molecular formula is C16H16ClNO2S. The number of anilines is 1. The minimum absolute atomic E-state index is 0.105. The van der Waals surface area contributed by atoms with Gasteiger partial charge in [0, 0.05) is 4.90 Å². The van der Waals surface area contributed by atoms with Crippen molar-refractivity contribution in [3.8, 4) is 5.75 Å². The number of rotatable bonds is 4. The number of benzene rings is 2. The lowest BCUT2D eigenvalue weighted by Crippen LogP contribution is -2.20. The number of carbonyl (C=O) groups excluding carboxylic acids is 1. The number of ether oxygens (including phenoxy) is 1. The van der Waals surface area contributed by atoms with E-state index in [4.69, 9.17) is 16.3 Å². The topological polar surface area (TPSA) is 38.3 Å². The first-order chi connectivity index (χ1) is 9.97. The molecule has 0 aromatic heterocycles. The van der Waals surface area contributed by atoms with E-state index in [2.05, 4.69) is 17.9 Å². The highest BCUT2D eigenvalue weighted by Gasteiger charge is 2.10. The van der Waals surface area contributed by atoms with Gasteiger partial charge in [-0.1, -0.05) is 29.8 Å². The number of thiol groups is 1. The van der Waals surface area contributed by atoms with Crippen molar-refractivity contribution in [2.45, 2.75) is 18.7 Å². The number of para-hydroxylation sites is 1. The fourth-order valence-corrected chi connectivity index (χ4v) is 2.58. The van der Waals surface area contributed by atoms with Crippen molar-refractivity contribution in [3.63, 3.8) is 0 Å². The lowest BCUT2D eigenvalue weighted by Gasteiger charge is -2.12. The van der Waals surface area contributed by atoms with Gasteiger partial charge in [-0.3, -0.25) is 4.79 Å². The average Bonchev–Trinajstić information content (AvgIpc) is 2.40. The first-order valence-electron chi connectivity index (χ1n) is 6.45. The Morgan fingerprint density at radius 1 is 1.29 bits per heavy atom. The molecule has 1 amide bonds. The van der Waals surface area contributed by atoms with E-state index in [-0.39, 0.29) is 12.5 Å². The quantitative estimate of drug-likeness (QED) is 0.826. The van der Waals surface area contributed by atoms with Gasteiger partial charge in [0.05, 0.1) is 10.7 Å². The largest absolute Gasteiger partial charge is 0.482 e. The zero-order chi connectivity index (χ0) is 15.4. The smallest absolute Gasteiger partial charge is 0.262 e. The van der Waals surface area contributed by atoms with Gasteiger partial charge in [-0.05, 0) is 43.2 Å². The summed E-state index contributed by atoms with van der Waals surface area (Å²) in [6, 6.07) is 11.0. The van der Waals surface area contributed by atoms with Crippen LogP contribution in [-0.4, -0.2) is 12.5 Å². The van der Waals surface area contributed by atoms with E-state index in [0.29, 0.717) is 21.4 Å². The molecule has 0 unspecified atom stereocenters. The predicted octanol–water partition coefficient (Wildman–Crippen LogP) is 4.26. The van der Waals surface area contributed by atoms with Gasteiger partial charge in [-0.25, -0.2) is 0 Å². The molecule has 5 heteroatoms. The van der Waals surface area contributed by atoms with Crippen LogP contribution in [0.4, 0.5) is 5.69 Å². The number of halogens is 1. The summed E-state index contributed by atoms with van der Waals surface area (Å²) in [5.74, 6) is 0.282. The zero-order valence-corrected chi connectivity index (χ0v) is 13.5. The SMILES string of the molecule is Cc1cc(C)c(OCC(=O)Nc2ccccc2S)c(Cl)c1. The first kappa shape index (κ1) is 15.7. The molecule has 1 N–H and O–H groups in total. The van der Waals surface area contributed by atoms with Crippen molar-refractivity contribution < 1.29 is 9.53 Å². The molecule has 110 valence electrons. The van der Waals surface area contributed by atoms with E-state index in [1.54, 1.807) is 12.1 Å². The summed E-state index contributed by atoms with van der Waals surface area (Å²) in [5.41, 5.74) is 2.61. The Balaban J connectivity index is 2.01. The van der Waals surface area contributed by atoms with Crippen molar-refractivity contribution in [1.82, 2.24) is 0 Å². The summed E-state index contributed by atoms with van der Waals surface area (Å²) < 4.78 is 5.53. The molecule has 3 nitrogen and oxygen atoms in total. The van der Waals surface area contributed by atoms with Gasteiger partial charge in [0.25, 0.3) is 5.91 Å². The minimum atomic E-state index is -0.257. The highest BCUT2D eigenvalue weighted by molar-refractivity contribution is 7.80. The fourth-order valence-electron chi connectivity index (χ4n) is 1.99. The van der Waals surface area contributed by atoms with E-state index >= 15 is 0 Å². The Bertz CT molecular complexity index is 650. The van der Waals surface area contributed by atoms with Gasteiger partial charge in [0.1, 0.15) is 5.75 Å². The first-order valence-corrected chi connectivity index (χ1v) is 7.27. The number of hydrogen-bond acceptors (Lipinski definition) is 3. The van der Waals surface area contributed by atoms with Crippen molar-refractivity contribution in [2.75, 3.05) is 11.9 Å². The van der Waals surface area contributed by atoms with Gasteiger partial charge in [-0.15, -0.1) is 12.6 Å². The average molecular weight is 322 g/mol. The van der Waals surface area contributed by atoms with Crippen LogP contribution in [0, 0.1) is 13.8 Å². The minimum Gasteiger partial charge on any atom is -0.482 e. The van der Waals surface area contributed by atoms with Crippen molar-refractivity contribution >= 4 is 35.8 Å². The summed E-state index contributed by atoms with van der Waals surface area (Å²) >= 11 is 10.4. The number of aryl methyl sites for hydroxylation is 2. The normalized spacial score (nSPS) is 10.3. The van der Waals surface area contributed by atoms with Gasteiger partial charge >= 0.3 is 0 Å². The molecule has 2 aromatic carbocycles. The Kier molecular flexibility index (Phi) is 5.15. The fraction of sp³-hybridized carbons (Fsp3) is 0.188. The molecule has 0 heterocycles. The van der Waals surface area contributed by atoms with Gasteiger partial charge in [0.15, 0.2) is 6.61 Å². The molecule has 0 atom stereocenters. The van der Waals surface area contributed by atoms with Crippen LogP contribution in [0.5, 0.6) is 5.75 Å². The summed E-state index contributed by atoms with van der Waals surface area (Å²) in [5, 5.41) is 3.26. The van der Waals surface area contributed by atoms with Crippen LogP contribution in [0.3, 0.4) is 0 Å². The number of carbonyl (C=O) groups is 1. The standard InChI is InChI=1S/C16H16ClNO2S/c1-10-7-11(2)16(12(17)8-10)20-9-15(19)18-13-5-3-4-6-14(13)21/h3-8,21H,9H2,1-2H3,(H,18,19). The lowest BCUT2D eigenvalue weighted by atomic mass is 10.1. The highest BCUT2D eigenvalue weighted by atomic mass is 35.5. The van der Waals surface area contributed by atoms with Gasteiger partial charge in [-0.2, -0.15) is 0 Å². The molecule has 0 radical (unpaired) electrons. The summed E-state index contributed by atoms with van der Waals surface area (Å²) in [7, 11) is 0.